The van der Waals surface area contributed by atoms with Crippen molar-refractivity contribution in [2.45, 2.75) is 43.0 Å². The molecule has 9 heteroatoms. The van der Waals surface area contributed by atoms with Crippen molar-refractivity contribution in [3.63, 3.8) is 0 Å². The summed E-state index contributed by atoms with van der Waals surface area (Å²) in [4.78, 5) is 9.70. The van der Waals surface area contributed by atoms with Crippen LogP contribution in [0.4, 0.5) is 0 Å². The lowest BCUT2D eigenvalue weighted by molar-refractivity contribution is 0.283. The summed E-state index contributed by atoms with van der Waals surface area (Å²) in [6, 6.07) is 22.1. The van der Waals surface area contributed by atoms with E-state index in [4.69, 9.17) is 10.2 Å². The van der Waals surface area contributed by atoms with E-state index >= 15 is 0 Å². The molecule has 1 aliphatic rings. The Balaban J connectivity index is 1.55. The van der Waals surface area contributed by atoms with Crippen molar-refractivity contribution in [3.05, 3.63) is 78.6 Å². The lowest BCUT2D eigenvalue weighted by Gasteiger charge is -2.30. The van der Waals surface area contributed by atoms with Gasteiger partial charge in [-0.25, -0.2) is 22.4 Å². The lowest BCUT2D eigenvalue weighted by atomic mass is 9.84. The highest BCUT2D eigenvalue weighted by Crippen LogP contribution is 2.40. The van der Waals surface area contributed by atoms with E-state index in [9.17, 15) is 13.7 Å². The highest BCUT2D eigenvalue weighted by Gasteiger charge is 2.29. The fourth-order valence-corrected chi connectivity index (χ4v) is 6.86. The topological polar surface area (TPSA) is 117 Å². The predicted octanol–water partition coefficient (Wildman–Crippen LogP) is 5.81. The van der Waals surface area contributed by atoms with E-state index in [1.54, 1.807) is 60.9 Å². The number of nitriles is 2. The van der Waals surface area contributed by atoms with Crippen LogP contribution < -0.4 is 0 Å². The summed E-state index contributed by atoms with van der Waals surface area (Å²) in [6.45, 7) is 0. The molecule has 0 bridgehead atoms. The van der Waals surface area contributed by atoms with Crippen LogP contribution in [0, 0.1) is 28.6 Å². The molecule has 0 radical (unpaired) electrons. The number of hydrogen-bond donors (Lipinski definition) is 0. The van der Waals surface area contributed by atoms with Gasteiger partial charge < -0.3 is 4.57 Å². The molecule has 2 aromatic carbocycles. The van der Waals surface area contributed by atoms with E-state index in [1.807, 2.05) is 12.1 Å². The van der Waals surface area contributed by atoms with Crippen molar-refractivity contribution in [2.75, 3.05) is 0 Å². The van der Waals surface area contributed by atoms with E-state index < -0.39 is 10.0 Å². The van der Waals surface area contributed by atoms with Gasteiger partial charge in [0, 0.05) is 29.6 Å². The van der Waals surface area contributed by atoms with Crippen molar-refractivity contribution in [1.82, 2.24) is 18.5 Å². The normalized spacial score (nSPS) is 17.8. The number of hydrogen-bond acceptors (Lipinski definition) is 6. The third-order valence-corrected chi connectivity index (χ3v) is 9.14. The monoisotopic (exact) mass is 520 g/mol. The van der Waals surface area contributed by atoms with Crippen LogP contribution in [-0.2, 0) is 10.0 Å². The van der Waals surface area contributed by atoms with Crippen LogP contribution in [0.1, 0.15) is 43.7 Å². The van der Waals surface area contributed by atoms with Crippen LogP contribution >= 0.6 is 0 Å². The second-order valence-electron chi connectivity index (χ2n) is 9.69. The average Bonchev–Trinajstić information content (AvgIpc) is 3.56. The first-order chi connectivity index (χ1) is 18.5. The van der Waals surface area contributed by atoms with Gasteiger partial charge in [0.15, 0.2) is 5.65 Å². The Labute approximate surface area is 220 Å². The van der Waals surface area contributed by atoms with E-state index in [1.165, 1.54) is 3.97 Å². The molecule has 0 spiro atoms. The summed E-state index contributed by atoms with van der Waals surface area (Å²) < 4.78 is 30.4. The number of imidazole rings is 1. The number of rotatable bonds is 5. The van der Waals surface area contributed by atoms with E-state index in [0.717, 1.165) is 42.6 Å². The number of fused-ring (bicyclic) bond motifs is 3. The first-order valence-electron chi connectivity index (χ1n) is 12.6. The third-order valence-electron chi connectivity index (χ3n) is 7.46. The zero-order valence-corrected chi connectivity index (χ0v) is 21.3. The average molecular weight is 521 g/mol. The third kappa shape index (κ3) is 3.93. The highest BCUT2D eigenvalue weighted by atomic mass is 32.2. The minimum Gasteiger partial charge on any atom is -0.320 e. The van der Waals surface area contributed by atoms with Crippen molar-refractivity contribution < 1.29 is 8.42 Å². The molecule has 8 nitrogen and oxygen atoms in total. The van der Waals surface area contributed by atoms with Crippen molar-refractivity contribution >= 4 is 32.1 Å². The van der Waals surface area contributed by atoms with Crippen molar-refractivity contribution in [3.8, 4) is 23.5 Å². The molecule has 6 rings (SSSR count). The number of aromatic nitrogens is 4. The van der Waals surface area contributed by atoms with Crippen molar-refractivity contribution in [2.24, 2.45) is 5.92 Å². The van der Waals surface area contributed by atoms with Crippen molar-refractivity contribution in [1.29, 1.82) is 10.5 Å². The van der Waals surface area contributed by atoms with Crippen LogP contribution in [0.3, 0.4) is 0 Å². The summed E-state index contributed by atoms with van der Waals surface area (Å²) in [5.74, 6) is 1.16. The zero-order chi connectivity index (χ0) is 26.3. The van der Waals surface area contributed by atoms with Gasteiger partial charge in [0.25, 0.3) is 10.0 Å². The molecule has 3 aromatic heterocycles. The molecule has 0 N–H and O–H groups in total. The Hall–Kier alpha value is -4.47. The van der Waals surface area contributed by atoms with Gasteiger partial charge in [0.2, 0.25) is 0 Å². The SMILES string of the molecule is N#CC[C@H]1CC[C@H](n2c(-c3ccc(C#N)cc3)nc3cnc4c(ccn4S(=O)(=O)c4ccccc4)c32)CC1. The van der Waals surface area contributed by atoms with Crippen LogP contribution in [0.2, 0.25) is 0 Å². The molecule has 0 atom stereocenters. The minimum atomic E-state index is -3.83. The van der Waals surface area contributed by atoms with Crippen LogP contribution in [-0.4, -0.2) is 26.9 Å². The molecule has 1 fully saturated rings. The van der Waals surface area contributed by atoms with Gasteiger partial charge in [-0.1, -0.05) is 18.2 Å². The maximum atomic E-state index is 13.5. The maximum absolute atomic E-state index is 13.5. The summed E-state index contributed by atoms with van der Waals surface area (Å²) in [6.07, 6.45) is 7.45. The number of pyridine rings is 1. The predicted molar refractivity (Wildman–Crippen MR) is 143 cm³/mol. The highest BCUT2D eigenvalue weighted by molar-refractivity contribution is 7.90. The number of nitrogens with zero attached hydrogens (tertiary/aromatic N) is 6. The Bertz CT molecular complexity index is 1830. The zero-order valence-electron chi connectivity index (χ0n) is 20.5. The summed E-state index contributed by atoms with van der Waals surface area (Å²) in [5.41, 5.74) is 3.34. The summed E-state index contributed by atoms with van der Waals surface area (Å²) in [5, 5.41) is 19.1. The summed E-state index contributed by atoms with van der Waals surface area (Å²) >= 11 is 0. The van der Waals surface area contributed by atoms with Gasteiger partial charge in [-0.05, 0) is 74.1 Å². The van der Waals surface area contributed by atoms with Crippen LogP contribution in [0.25, 0.3) is 33.5 Å². The fourth-order valence-electron chi connectivity index (χ4n) is 5.54. The summed E-state index contributed by atoms with van der Waals surface area (Å²) in [7, 11) is -3.83. The van der Waals surface area contributed by atoms with Crippen LogP contribution in [0.15, 0.2) is 78.0 Å². The van der Waals surface area contributed by atoms with Gasteiger partial charge in [-0.3, -0.25) is 0 Å². The Morgan fingerprint density at radius 3 is 2.37 bits per heavy atom. The lowest BCUT2D eigenvalue weighted by Crippen LogP contribution is -2.19. The molecular formula is C29H24N6O2S. The fraction of sp³-hybridized carbons (Fsp3) is 0.241. The molecule has 188 valence electrons. The van der Waals surface area contributed by atoms with Gasteiger partial charge in [0.05, 0.1) is 34.3 Å². The molecule has 0 amide bonds. The Morgan fingerprint density at radius 2 is 1.68 bits per heavy atom. The molecule has 3 heterocycles. The minimum absolute atomic E-state index is 0.139. The van der Waals surface area contributed by atoms with E-state index in [-0.39, 0.29) is 10.9 Å². The second kappa shape index (κ2) is 9.44. The molecule has 1 saturated carbocycles. The van der Waals surface area contributed by atoms with Gasteiger partial charge in [-0.15, -0.1) is 0 Å². The van der Waals surface area contributed by atoms with Gasteiger partial charge in [0.1, 0.15) is 11.3 Å². The number of benzene rings is 2. The molecule has 38 heavy (non-hydrogen) atoms. The molecule has 1 aliphatic carbocycles. The molecule has 0 saturated heterocycles. The molecule has 0 unspecified atom stereocenters. The first kappa shape index (κ1) is 23.9. The van der Waals surface area contributed by atoms with Gasteiger partial charge in [-0.2, -0.15) is 10.5 Å². The molecule has 5 aromatic rings. The second-order valence-corrected chi connectivity index (χ2v) is 11.5. The standard InChI is InChI=1S/C29H24N6O2S/c30-16-14-20-8-12-23(13-9-20)35-27-25-15-17-34(38(36,37)24-4-2-1-3-5-24)29(25)32-19-26(27)33-28(35)22-10-6-21(18-31)7-11-22/h1-7,10-11,15,17,19-20,23H,8-9,12-14H2/t20-,23-. The van der Waals surface area contributed by atoms with Gasteiger partial charge >= 0.3 is 0 Å². The van der Waals surface area contributed by atoms with E-state index in [0.29, 0.717) is 34.5 Å². The van der Waals surface area contributed by atoms with Crippen LogP contribution in [0.5, 0.6) is 0 Å². The quantitative estimate of drug-likeness (QED) is 0.289. The first-order valence-corrected chi connectivity index (χ1v) is 14.0. The molecular weight excluding hydrogens is 496 g/mol. The maximum Gasteiger partial charge on any atom is 0.269 e. The Kier molecular flexibility index (Phi) is 5.94. The van der Waals surface area contributed by atoms with E-state index in [2.05, 4.69) is 21.7 Å². The Morgan fingerprint density at radius 1 is 0.947 bits per heavy atom. The largest absolute Gasteiger partial charge is 0.320 e. The smallest absolute Gasteiger partial charge is 0.269 e. The molecule has 0 aliphatic heterocycles.